The Morgan fingerprint density at radius 1 is 1.40 bits per heavy atom. The summed E-state index contributed by atoms with van der Waals surface area (Å²) in [6.07, 6.45) is 0.753. The molecule has 9 heteroatoms. The Labute approximate surface area is 83.5 Å². The summed E-state index contributed by atoms with van der Waals surface area (Å²) in [4.78, 5) is 22.0. The first-order valence-corrected chi connectivity index (χ1v) is 3.96. The first kappa shape index (κ1) is 11.0. The molecule has 2 atom stereocenters. The van der Waals surface area contributed by atoms with E-state index in [9.17, 15) is 9.59 Å². The maximum absolute atomic E-state index is 10.8. The van der Waals surface area contributed by atoms with Crippen molar-refractivity contribution in [3.63, 3.8) is 0 Å². The van der Waals surface area contributed by atoms with E-state index in [1.54, 1.807) is 0 Å². The van der Waals surface area contributed by atoms with E-state index in [-0.39, 0.29) is 6.42 Å². The molecule has 0 saturated heterocycles. The van der Waals surface area contributed by atoms with Gasteiger partial charge in [0.15, 0.2) is 12.4 Å². The third kappa shape index (κ3) is 2.71. The molecular formula is C6H9N5O4. The van der Waals surface area contributed by atoms with Gasteiger partial charge in [0.05, 0.1) is 0 Å². The van der Waals surface area contributed by atoms with Crippen molar-refractivity contribution >= 4 is 11.9 Å². The van der Waals surface area contributed by atoms with Crippen LogP contribution in [0.5, 0.6) is 0 Å². The molecule has 1 rings (SSSR count). The zero-order valence-corrected chi connectivity index (χ0v) is 7.52. The Morgan fingerprint density at radius 3 is 2.47 bits per heavy atom. The minimum atomic E-state index is -1.28. The van der Waals surface area contributed by atoms with Gasteiger partial charge in [0.1, 0.15) is 6.04 Å². The smallest absolute Gasteiger partial charge is 0.330 e. The number of nitrogens with zero attached hydrogens (tertiary/aromatic N) is 4. The molecule has 0 aliphatic carbocycles. The fourth-order valence-corrected chi connectivity index (χ4v) is 0.953. The van der Waals surface area contributed by atoms with Gasteiger partial charge >= 0.3 is 11.9 Å². The van der Waals surface area contributed by atoms with Gasteiger partial charge in [0.2, 0.25) is 0 Å². The summed E-state index contributed by atoms with van der Waals surface area (Å²) < 4.78 is 0. The van der Waals surface area contributed by atoms with Crippen molar-refractivity contribution in [3.05, 3.63) is 6.33 Å². The maximum Gasteiger partial charge on any atom is 0.330 e. The van der Waals surface area contributed by atoms with Crippen molar-refractivity contribution in [1.82, 2.24) is 20.2 Å². The second kappa shape index (κ2) is 4.46. The monoisotopic (exact) mass is 215 g/mol. The number of carbonyl (C=O) groups is 2. The van der Waals surface area contributed by atoms with Crippen LogP contribution in [0.3, 0.4) is 0 Å². The predicted octanol–water partition coefficient (Wildman–Crippen LogP) is -1.90. The van der Waals surface area contributed by atoms with E-state index in [2.05, 4.69) is 15.4 Å². The van der Waals surface area contributed by atoms with Crippen LogP contribution in [0.25, 0.3) is 0 Å². The van der Waals surface area contributed by atoms with Gasteiger partial charge in [-0.1, -0.05) is 0 Å². The second-order valence-corrected chi connectivity index (χ2v) is 2.79. The molecule has 1 heterocycles. The van der Waals surface area contributed by atoms with Crippen LogP contribution in [0, 0.1) is 0 Å². The molecule has 1 unspecified atom stereocenters. The first-order valence-electron chi connectivity index (χ1n) is 3.96. The number of hydrogen-bond donors (Lipinski definition) is 3. The van der Waals surface area contributed by atoms with Crippen molar-refractivity contribution < 1.29 is 19.8 Å². The van der Waals surface area contributed by atoms with Crippen molar-refractivity contribution in [2.24, 2.45) is 5.73 Å². The van der Waals surface area contributed by atoms with Gasteiger partial charge < -0.3 is 15.9 Å². The zero-order valence-electron chi connectivity index (χ0n) is 7.52. The number of hydrogen-bond acceptors (Lipinski definition) is 6. The maximum atomic E-state index is 10.8. The van der Waals surface area contributed by atoms with Crippen LogP contribution in [0.4, 0.5) is 0 Å². The van der Waals surface area contributed by atoms with Gasteiger partial charge in [0.25, 0.3) is 0 Å². The molecule has 82 valence electrons. The van der Waals surface area contributed by atoms with Crippen LogP contribution in [-0.2, 0) is 9.59 Å². The molecule has 4 N–H and O–H groups in total. The quantitative estimate of drug-likeness (QED) is 0.516. The first-order chi connectivity index (χ1) is 7.02. The van der Waals surface area contributed by atoms with Gasteiger partial charge in [0, 0.05) is 6.42 Å². The normalized spacial score (nSPS) is 14.5. The largest absolute Gasteiger partial charge is 0.480 e. The Hall–Kier alpha value is -2.03. The Bertz CT molecular complexity index is 350. The van der Waals surface area contributed by atoms with E-state index in [0.29, 0.717) is 0 Å². The molecule has 0 radical (unpaired) electrons. The number of carboxylic acids is 2. The van der Waals surface area contributed by atoms with E-state index >= 15 is 0 Å². The molecule has 15 heavy (non-hydrogen) atoms. The number of tetrazole rings is 1. The van der Waals surface area contributed by atoms with Crippen molar-refractivity contribution in [3.8, 4) is 0 Å². The Balaban J connectivity index is 2.77. The second-order valence-electron chi connectivity index (χ2n) is 2.79. The summed E-state index contributed by atoms with van der Waals surface area (Å²) in [6, 6.07) is -2.50. The number of aromatic nitrogens is 4. The van der Waals surface area contributed by atoms with E-state index in [1.807, 2.05) is 0 Å². The molecule has 9 nitrogen and oxygen atoms in total. The lowest BCUT2D eigenvalue weighted by Crippen LogP contribution is -2.36. The number of nitrogens with two attached hydrogens (primary N) is 1. The summed E-state index contributed by atoms with van der Waals surface area (Å²) in [5.41, 5.74) is 5.21. The Morgan fingerprint density at radius 2 is 2.07 bits per heavy atom. The minimum Gasteiger partial charge on any atom is -0.480 e. The SMILES string of the molecule is N[C@@H](CC(C(=O)O)n1ncnn1)C(=O)O. The molecule has 0 saturated carbocycles. The van der Waals surface area contributed by atoms with E-state index in [0.717, 1.165) is 11.1 Å². The molecule has 0 spiro atoms. The van der Waals surface area contributed by atoms with Crippen LogP contribution < -0.4 is 5.73 Å². The molecule has 0 bridgehead atoms. The summed E-state index contributed by atoms with van der Waals surface area (Å²) in [6.45, 7) is 0. The highest BCUT2D eigenvalue weighted by molar-refractivity contribution is 5.76. The van der Waals surface area contributed by atoms with Gasteiger partial charge in [-0.15, -0.1) is 15.0 Å². The summed E-state index contributed by atoms with van der Waals surface area (Å²) in [7, 11) is 0. The van der Waals surface area contributed by atoms with Gasteiger partial charge in [-0.3, -0.25) is 4.79 Å². The highest BCUT2D eigenvalue weighted by atomic mass is 16.4. The zero-order chi connectivity index (χ0) is 11.4. The van der Waals surface area contributed by atoms with Crippen molar-refractivity contribution in [2.45, 2.75) is 18.5 Å². The van der Waals surface area contributed by atoms with Gasteiger partial charge in [-0.2, -0.15) is 0 Å². The minimum absolute atomic E-state index is 0.305. The van der Waals surface area contributed by atoms with Crippen molar-refractivity contribution in [2.75, 3.05) is 0 Å². The van der Waals surface area contributed by atoms with Crippen molar-refractivity contribution in [1.29, 1.82) is 0 Å². The van der Waals surface area contributed by atoms with Crippen LogP contribution in [-0.4, -0.2) is 48.4 Å². The highest BCUT2D eigenvalue weighted by Gasteiger charge is 2.27. The molecule has 0 fully saturated rings. The lowest BCUT2D eigenvalue weighted by atomic mass is 10.1. The molecule has 1 aromatic heterocycles. The van der Waals surface area contributed by atoms with Crippen LogP contribution in [0.15, 0.2) is 6.33 Å². The standard InChI is InChI=1S/C6H9N5O4/c7-3(5(12)13)1-4(6(14)15)11-9-2-8-10-11/h2-4H,1,7H2,(H,12,13)(H,14,15)/t3-,4?/m0/s1. The summed E-state index contributed by atoms with van der Waals surface area (Å²) >= 11 is 0. The topological polar surface area (TPSA) is 144 Å². The van der Waals surface area contributed by atoms with E-state index < -0.39 is 24.0 Å². The third-order valence-electron chi connectivity index (χ3n) is 1.72. The molecule has 0 aliphatic rings. The fourth-order valence-electron chi connectivity index (χ4n) is 0.953. The fraction of sp³-hybridized carbons (Fsp3) is 0.500. The molecule has 0 amide bonds. The van der Waals surface area contributed by atoms with Gasteiger partial charge in [-0.05, 0) is 5.21 Å². The number of aliphatic carboxylic acids is 2. The van der Waals surface area contributed by atoms with Crippen LogP contribution >= 0.6 is 0 Å². The molecule has 0 aromatic carbocycles. The third-order valence-corrected chi connectivity index (χ3v) is 1.72. The lowest BCUT2D eigenvalue weighted by molar-refractivity contribution is -0.143. The van der Waals surface area contributed by atoms with Crippen LogP contribution in [0.1, 0.15) is 12.5 Å². The van der Waals surface area contributed by atoms with E-state index in [4.69, 9.17) is 15.9 Å². The Kier molecular flexibility index (Phi) is 3.29. The lowest BCUT2D eigenvalue weighted by Gasteiger charge is -2.12. The number of rotatable bonds is 5. The van der Waals surface area contributed by atoms with Gasteiger partial charge in [-0.25, -0.2) is 4.79 Å². The summed E-state index contributed by atoms with van der Waals surface area (Å²) in [5, 5.41) is 27.5. The molecule has 0 aliphatic heterocycles. The average molecular weight is 215 g/mol. The summed E-state index contributed by atoms with van der Waals surface area (Å²) in [5.74, 6) is -2.54. The average Bonchev–Trinajstić information content (AvgIpc) is 2.65. The predicted molar refractivity (Wildman–Crippen MR) is 44.7 cm³/mol. The highest BCUT2D eigenvalue weighted by Crippen LogP contribution is 2.10. The molecule has 1 aromatic rings. The van der Waals surface area contributed by atoms with Crippen LogP contribution in [0.2, 0.25) is 0 Å². The number of carboxylic acid groups (broad SMARTS) is 2. The molecular weight excluding hydrogens is 206 g/mol. The van der Waals surface area contributed by atoms with E-state index in [1.165, 1.54) is 0 Å².